The summed E-state index contributed by atoms with van der Waals surface area (Å²) in [5, 5.41) is 3.57. The fourth-order valence-corrected chi connectivity index (χ4v) is 3.11. The maximum absolute atomic E-state index is 6.07. The number of aromatic nitrogens is 2. The van der Waals surface area contributed by atoms with Crippen molar-refractivity contribution in [3.63, 3.8) is 0 Å². The Morgan fingerprint density at radius 1 is 0.833 bits per heavy atom. The first-order valence-corrected chi connectivity index (χ1v) is 8.42. The number of halogens is 2. The predicted molar refractivity (Wildman–Crippen MR) is 101 cm³/mol. The zero-order valence-electron chi connectivity index (χ0n) is 12.8. The van der Waals surface area contributed by atoms with Crippen LogP contribution in [0.2, 0.25) is 10.0 Å². The lowest BCUT2D eigenvalue weighted by atomic mass is 10.1. The topological polar surface area (TPSA) is 28.7 Å². The third-order valence-electron chi connectivity index (χ3n) is 4.03. The molecule has 1 N–H and O–H groups in total. The molecule has 0 aliphatic heterocycles. The molecule has 118 valence electrons. The summed E-state index contributed by atoms with van der Waals surface area (Å²) in [5.41, 5.74) is 3.12. The van der Waals surface area contributed by atoms with Crippen molar-refractivity contribution in [2.75, 3.05) is 0 Å². The van der Waals surface area contributed by atoms with Crippen LogP contribution in [0.25, 0.3) is 22.0 Å². The van der Waals surface area contributed by atoms with Gasteiger partial charge in [-0.3, -0.25) is 0 Å². The molecule has 3 aromatic carbocycles. The molecule has 0 amide bonds. The van der Waals surface area contributed by atoms with E-state index >= 15 is 0 Å². The molecule has 0 saturated carbocycles. The molecule has 0 aliphatic carbocycles. The van der Waals surface area contributed by atoms with Crippen molar-refractivity contribution in [2.24, 2.45) is 0 Å². The van der Waals surface area contributed by atoms with E-state index in [1.165, 1.54) is 10.8 Å². The fraction of sp³-hybridized carbons (Fsp3) is 0.0500. The second kappa shape index (κ2) is 6.31. The normalized spacial score (nSPS) is 11.1. The lowest BCUT2D eigenvalue weighted by Crippen LogP contribution is -1.91. The van der Waals surface area contributed by atoms with Gasteiger partial charge in [0.15, 0.2) is 0 Å². The third kappa shape index (κ3) is 3.03. The molecule has 0 radical (unpaired) electrons. The van der Waals surface area contributed by atoms with E-state index in [2.05, 4.69) is 35.3 Å². The van der Waals surface area contributed by atoms with E-state index in [1.54, 1.807) is 0 Å². The van der Waals surface area contributed by atoms with Crippen molar-refractivity contribution in [1.82, 2.24) is 9.97 Å². The van der Waals surface area contributed by atoms with Crippen molar-refractivity contribution < 1.29 is 0 Å². The summed E-state index contributed by atoms with van der Waals surface area (Å²) in [5.74, 6) is 0.900. The molecule has 1 heterocycles. The minimum atomic E-state index is 0.565. The van der Waals surface area contributed by atoms with Gasteiger partial charge in [0.1, 0.15) is 5.82 Å². The number of rotatable bonds is 3. The molecule has 2 nitrogen and oxygen atoms in total. The van der Waals surface area contributed by atoms with Gasteiger partial charge in [-0.1, -0.05) is 65.7 Å². The zero-order chi connectivity index (χ0) is 16.5. The van der Waals surface area contributed by atoms with Gasteiger partial charge in [-0.2, -0.15) is 0 Å². The number of hydrogen-bond acceptors (Lipinski definition) is 1. The molecule has 0 bridgehead atoms. The molecule has 0 aliphatic rings. The number of benzene rings is 3. The number of imidazole rings is 1. The zero-order valence-corrected chi connectivity index (χ0v) is 14.3. The summed E-state index contributed by atoms with van der Waals surface area (Å²) < 4.78 is 0. The molecule has 0 unspecified atom stereocenters. The Kier molecular flexibility index (Phi) is 4.01. The highest BCUT2D eigenvalue weighted by Gasteiger charge is 2.07. The van der Waals surface area contributed by atoms with Gasteiger partial charge in [-0.25, -0.2) is 4.98 Å². The summed E-state index contributed by atoms with van der Waals surface area (Å²) in [6.07, 6.45) is 2.63. The first kappa shape index (κ1) is 15.3. The summed E-state index contributed by atoms with van der Waals surface area (Å²) in [4.78, 5) is 7.95. The van der Waals surface area contributed by atoms with Crippen LogP contribution in [0.1, 0.15) is 11.4 Å². The number of hydrogen-bond donors (Lipinski definition) is 1. The van der Waals surface area contributed by atoms with Crippen molar-refractivity contribution in [3.05, 3.63) is 88.3 Å². The fourth-order valence-electron chi connectivity index (χ4n) is 2.79. The Morgan fingerprint density at radius 2 is 1.67 bits per heavy atom. The standard InChI is InChI=1S/C20H14Cl2N2/c21-17-8-5-13(9-18(17)22)10-20-23-12-19(24-20)16-7-6-14-3-1-2-4-15(14)11-16/h1-9,11-12H,10H2,(H,23,24). The lowest BCUT2D eigenvalue weighted by Gasteiger charge is -2.02. The van der Waals surface area contributed by atoms with Crippen molar-refractivity contribution in [2.45, 2.75) is 6.42 Å². The highest BCUT2D eigenvalue weighted by Crippen LogP contribution is 2.25. The van der Waals surface area contributed by atoms with Crippen LogP contribution in [0.4, 0.5) is 0 Å². The largest absolute Gasteiger partial charge is 0.348 e. The number of nitrogens with one attached hydrogen (secondary N) is 1. The van der Waals surface area contributed by atoms with Crippen LogP contribution in [0.15, 0.2) is 66.9 Å². The molecule has 1 aromatic heterocycles. The van der Waals surface area contributed by atoms with Crippen LogP contribution in [0.5, 0.6) is 0 Å². The van der Waals surface area contributed by atoms with Crippen LogP contribution >= 0.6 is 23.2 Å². The van der Waals surface area contributed by atoms with Crippen LogP contribution in [-0.4, -0.2) is 9.97 Å². The lowest BCUT2D eigenvalue weighted by molar-refractivity contribution is 1.03. The van der Waals surface area contributed by atoms with Gasteiger partial charge in [0.25, 0.3) is 0 Å². The maximum atomic E-state index is 6.07. The maximum Gasteiger partial charge on any atom is 0.111 e. The monoisotopic (exact) mass is 352 g/mol. The minimum Gasteiger partial charge on any atom is -0.348 e. The summed E-state index contributed by atoms with van der Waals surface area (Å²) in [6.45, 7) is 0. The quantitative estimate of drug-likeness (QED) is 0.472. The molecule has 0 saturated heterocycles. The van der Waals surface area contributed by atoms with Crippen LogP contribution in [0, 0.1) is 0 Å². The van der Waals surface area contributed by atoms with Gasteiger partial charge in [0.2, 0.25) is 0 Å². The first-order chi connectivity index (χ1) is 11.7. The summed E-state index contributed by atoms with van der Waals surface area (Å²) >= 11 is 12.0. The predicted octanol–water partition coefficient (Wildman–Crippen LogP) is 6.13. The second-order valence-electron chi connectivity index (χ2n) is 5.72. The van der Waals surface area contributed by atoms with E-state index in [-0.39, 0.29) is 0 Å². The van der Waals surface area contributed by atoms with Crippen molar-refractivity contribution >= 4 is 34.0 Å². The molecule has 0 fully saturated rings. The number of H-pyrrole nitrogens is 1. The summed E-state index contributed by atoms with van der Waals surface area (Å²) in [6, 6.07) is 20.4. The second-order valence-corrected chi connectivity index (χ2v) is 6.53. The highest BCUT2D eigenvalue weighted by molar-refractivity contribution is 6.42. The van der Waals surface area contributed by atoms with E-state index in [4.69, 9.17) is 28.2 Å². The van der Waals surface area contributed by atoms with E-state index in [9.17, 15) is 0 Å². The van der Waals surface area contributed by atoms with E-state index < -0.39 is 0 Å². The first-order valence-electron chi connectivity index (χ1n) is 7.66. The average Bonchev–Trinajstić information content (AvgIpc) is 3.06. The number of aromatic amines is 1. The Bertz CT molecular complexity index is 1020. The molecule has 0 atom stereocenters. The molecular weight excluding hydrogens is 339 g/mol. The van der Waals surface area contributed by atoms with Gasteiger partial charge in [-0.05, 0) is 34.5 Å². The van der Waals surface area contributed by atoms with Crippen LogP contribution in [0.3, 0.4) is 0 Å². The Balaban J connectivity index is 1.62. The van der Waals surface area contributed by atoms with E-state index in [1.807, 2.05) is 36.5 Å². The number of nitrogens with zero attached hydrogens (tertiary/aromatic N) is 1. The van der Waals surface area contributed by atoms with Crippen LogP contribution < -0.4 is 0 Å². The SMILES string of the molecule is Clc1ccc(Cc2nc(-c3ccc4ccccc4c3)c[nH]2)cc1Cl. The molecular formula is C20H14Cl2N2. The third-order valence-corrected chi connectivity index (χ3v) is 4.77. The van der Waals surface area contributed by atoms with Crippen LogP contribution in [-0.2, 0) is 6.42 Å². The average molecular weight is 353 g/mol. The molecule has 4 rings (SSSR count). The Morgan fingerprint density at radius 3 is 2.50 bits per heavy atom. The van der Waals surface area contributed by atoms with Gasteiger partial charge in [0, 0.05) is 18.2 Å². The van der Waals surface area contributed by atoms with Gasteiger partial charge < -0.3 is 4.98 Å². The smallest absolute Gasteiger partial charge is 0.111 e. The molecule has 0 spiro atoms. The number of fused-ring (bicyclic) bond motifs is 1. The summed E-state index contributed by atoms with van der Waals surface area (Å²) in [7, 11) is 0. The minimum absolute atomic E-state index is 0.565. The van der Waals surface area contributed by atoms with E-state index in [0.717, 1.165) is 22.6 Å². The molecule has 24 heavy (non-hydrogen) atoms. The van der Waals surface area contributed by atoms with E-state index in [0.29, 0.717) is 16.5 Å². The van der Waals surface area contributed by atoms with Gasteiger partial charge in [-0.15, -0.1) is 0 Å². The molecule has 4 heteroatoms. The van der Waals surface area contributed by atoms with Gasteiger partial charge in [0.05, 0.1) is 15.7 Å². The molecule has 4 aromatic rings. The van der Waals surface area contributed by atoms with Crippen molar-refractivity contribution in [3.8, 4) is 11.3 Å². The Hall–Kier alpha value is -2.29. The van der Waals surface area contributed by atoms with Crippen molar-refractivity contribution in [1.29, 1.82) is 0 Å². The van der Waals surface area contributed by atoms with Gasteiger partial charge >= 0.3 is 0 Å². The highest BCUT2D eigenvalue weighted by atomic mass is 35.5. The Labute approximate surface area is 150 Å².